The van der Waals surface area contributed by atoms with E-state index in [9.17, 15) is 13.2 Å². The number of nitriles is 1. The van der Waals surface area contributed by atoms with Crippen LogP contribution in [0.3, 0.4) is 0 Å². The second-order valence-electron chi connectivity index (χ2n) is 5.40. The molecule has 0 amide bonds. The Labute approximate surface area is 157 Å². The van der Waals surface area contributed by atoms with Crippen LogP contribution in [0.15, 0.2) is 60.8 Å². The van der Waals surface area contributed by atoms with Gasteiger partial charge in [-0.1, -0.05) is 30.3 Å². The van der Waals surface area contributed by atoms with E-state index in [0.29, 0.717) is 0 Å². The molecule has 142 valence electrons. The minimum Gasteiger partial charge on any atom is -0.473 e. The molecule has 9 heteroatoms. The van der Waals surface area contributed by atoms with Crippen molar-refractivity contribution in [1.82, 2.24) is 9.97 Å². The molecule has 0 radical (unpaired) electrons. The predicted octanol–water partition coefficient (Wildman–Crippen LogP) is 4.62. The Hall–Kier alpha value is -3.80. The number of hydrogen-bond donors (Lipinski definition) is 0. The summed E-state index contributed by atoms with van der Waals surface area (Å²) in [6.45, 7) is 0.223. The minimum absolute atomic E-state index is 0.00542. The molecule has 0 fully saturated rings. The van der Waals surface area contributed by atoms with Crippen molar-refractivity contribution in [1.29, 1.82) is 5.26 Å². The Balaban J connectivity index is 1.77. The number of pyridine rings is 2. The largest absolute Gasteiger partial charge is 0.574 e. The van der Waals surface area contributed by atoms with Crippen LogP contribution >= 0.6 is 0 Å². The standard InChI is InChI=1S/C19H12F3N3O3/c20-19(21,22)28-16-10-15(6-7-24-16)27-18-9-14(11-23)8-17(25-18)26-12-13-4-2-1-3-5-13/h1-10H,12H2. The zero-order valence-corrected chi connectivity index (χ0v) is 14.2. The highest BCUT2D eigenvalue weighted by atomic mass is 19.4. The molecular formula is C19H12F3N3O3. The van der Waals surface area contributed by atoms with Gasteiger partial charge in [0.25, 0.3) is 0 Å². The molecule has 0 saturated carbocycles. The Morgan fingerprint density at radius 1 is 0.964 bits per heavy atom. The molecule has 0 aliphatic rings. The van der Waals surface area contributed by atoms with Crippen molar-refractivity contribution in [2.24, 2.45) is 0 Å². The molecule has 0 spiro atoms. The van der Waals surface area contributed by atoms with Gasteiger partial charge in [0.05, 0.1) is 11.6 Å². The molecule has 3 aromatic rings. The van der Waals surface area contributed by atoms with Crippen LogP contribution < -0.4 is 14.2 Å². The van der Waals surface area contributed by atoms with Crippen molar-refractivity contribution in [2.45, 2.75) is 13.0 Å². The number of hydrogen-bond acceptors (Lipinski definition) is 6. The molecule has 0 N–H and O–H groups in total. The second-order valence-corrected chi connectivity index (χ2v) is 5.40. The van der Waals surface area contributed by atoms with Crippen molar-refractivity contribution >= 4 is 0 Å². The first-order chi connectivity index (χ1) is 13.4. The second kappa shape index (κ2) is 8.26. The lowest BCUT2D eigenvalue weighted by atomic mass is 10.2. The van der Waals surface area contributed by atoms with Gasteiger partial charge >= 0.3 is 6.36 Å². The van der Waals surface area contributed by atoms with Crippen LogP contribution in [-0.2, 0) is 6.61 Å². The fourth-order valence-corrected chi connectivity index (χ4v) is 2.15. The smallest absolute Gasteiger partial charge is 0.473 e. The van der Waals surface area contributed by atoms with E-state index in [2.05, 4.69) is 14.7 Å². The van der Waals surface area contributed by atoms with Crippen molar-refractivity contribution in [3.8, 4) is 29.5 Å². The molecule has 0 aliphatic carbocycles. The van der Waals surface area contributed by atoms with E-state index in [1.807, 2.05) is 36.4 Å². The van der Waals surface area contributed by atoms with Gasteiger partial charge in [0.1, 0.15) is 12.4 Å². The number of aromatic nitrogens is 2. The highest BCUT2D eigenvalue weighted by Gasteiger charge is 2.31. The van der Waals surface area contributed by atoms with E-state index in [4.69, 9.17) is 14.7 Å². The molecule has 0 saturated heterocycles. The van der Waals surface area contributed by atoms with Gasteiger partial charge in [-0.25, -0.2) is 4.98 Å². The molecule has 0 atom stereocenters. The molecule has 2 aromatic heterocycles. The van der Waals surface area contributed by atoms with Crippen molar-refractivity contribution in [3.05, 3.63) is 71.9 Å². The van der Waals surface area contributed by atoms with Gasteiger partial charge in [-0.15, -0.1) is 13.2 Å². The third-order valence-corrected chi connectivity index (χ3v) is 3.29. The Kier molecular flexibility index (Phi) is 5.60. The summed E-state index contributed by atoms with van der Waals surface area (Å²) in [6.07, 6.45) is -3.78. The van der Waals surface area contributed by atoms with Crippen molar-refractivity contribution in [2.75, 3.05) is 0 Å². The van der Waals surface area contributed by atoms with Crippen molar-refractivity contribution in [3.63, 3.8) is 0 Å². The molecule has 1 aromatic carbocycles. The maximum Gasteiger partial charge on any atom is 0.574 e. The van der Waals surface area contributed by atoms with Gasteiger partial charge in [-0.2, -0.15) is 10.2 Å². The SMILES string of the molecule is N#Cc1cc(OCc2ccccc2)nc(Oc2ccnc(OC(F)(F)F)c2)c1. The lowest BCUT2D eigenvalue weighted by Crippen LogP contribution is -2.17. The lowest BCUT2D eigenvalue weighted by Gasteiger charge is -2.11. The van der Waals surface area contributed by atoms with Crippen LogP contribution in [-0.4, -0.2) is 16.3 Å². The number of halogens is 3. The summed E-state index contributed by atoms with van der Waals surface area (Å²) >= 11 is 0. The zero-order valence-electron chi connectivity index (χ0n) is 14.2. The van der Waals surface area contributed by atoms with E-state index < -0.39 is 12.2 Å². The Morgan fingerprint density at radius 3 is 2.43 bits per heavy atom. The third kappa shape index (κ3) is 5.60. The maximum atomic E-state index is 12.3. The average molecular weight is 387 g/mol. The van der Waals surface area contributed by atoms with Crippen LogP contribution in [0.4, 0.5) is 13.2 Å². The fourth-order valence-electron chi connectivity index (χ4n) is 2.15. The topological polar surface area (TPSA) is 77.3 Å². The van der Waals surface area contributed by atoms with Crippen LogP contribution in [0.25, 0.3) is 0 Å². The van der Waals surface area contributed by atoms with Gasteiger partial charge in [-0.3, -0.25) is 0 Å². The molecule has 6 nitrogen and oxygen atoms in total. The normalized spacial score (nSPS) is 10.8. The summed E-state index contributed by atoms with van der Waals surface area (Å²) < 4.78 is 51.7. The fraction of sp³-hybridized carbons (Fsp3) is 0.105. The Morgan fingerprint density at radius 2 is 1.71 bits per heavy atom. The summed E-state index contributed by atoms with van der Waals surface area (Å²) in [5, 5.41) is 9.17. The number of ether oxygens (including phenoxy) is 3. The zero-order chi connectivity index (χ0) is 20.0. The van der Waals surface area contributed by atoms with E-state index in [1.165, 1.54) is 18.2 Å². The summed E-state index contributed by atoms with van der Waals surface area (Å²) in [7, 11) is 0. The number of nitrogens with zero attached hydrogens (tertiary/aromatic N) is 3. The van der Waals surface area contributed by atoms with Crippen LogP contribution in [0.5, 0.6) is 23.4 Å². The summed E-state index contributed by atoms with van der Waals surface area (Å²) in [5.74, 6) is -0.558. The first-order valence-electron chi connectivity index (χ1n) is 7.90. The summed E-state index contributed by atoms with van der Waals surface area (Å²) in [4.78, 5) is 7.58. The quantitative estimate of drug-likeness (QED) is 0.614. The molecular weight excluding hydrogens is 375 g/mol. The van der Waals surface area contributed by atoms with Gasteiger partial charge in [0.2, 0.25) is 17.6 Å². The molecule has 28 heavy (non-hydrogen) atoms. The van der Waals surface area contributed by atoms with Gasteiger partial charge < -0.3 is 14.2 Å². The molecule has 0 unspecified atom stereocenters. The average Bonchev–Trinajstić information content (AvgIpc) is 2.66. The van der Waals surface area contributed by atoms with E-state index in [0.717, 1.165) is 17.8 Å². The van der Waals surface area contributed by atoms with Crippen LogP contribution in [0, 0.1) is 11.3 Å². The summed E-state index contributed by atoms with van der Waals surface area (Å²) in [5.41, 5.74) is 1.12. The molecule has 2 heterocycles. The predicted molar refractivity (Wildman–Crippen MR) is 90.7 cm³/mol. The first-order valence-corrected chi connectivity index (χ1v) is 7.90. The van der Waals surface area contributed by atoms with Gasteiger partial charge in [-0.05, 0) is 11.6 Å². The van der Waals surface area contributed by atoms with E-state index in [1.54, 1.807) is 0 Å². The summed E-state index contributed by atoms with van der Waals surface area (Å²) in [6, 6.07) is 16.3. The minimum atomic E-state index is -4.87. The highest BCUT2D eigenvalue weighted by molar-refractivity contribution is 5.39. The molecule has 0 aliphatic heterocycles. The monoisotopic (exact) mass is 387 g/mol. The molecule has 0 bridgehead atoms. The van der Waals surface area contributed by atoms with Gasteiger partial charge in [0, 0.05) is 24.4 Å². The van der Waals surface area contributed by atoms with E-state index >= 15 is 0 Å². The molecule has 3 rings (SSSR count). The van der Waals surface area contributed by atoms with Crippen molar-refractivity contribution < 1.29 is 27.4 Å². The van der Waals surface area contributed by atoms with E-state index in [-0.39, 0.29) is 29.7 Å². The lowest BCUT2D eigenvalue weighted by molar-refractivity contribution is -0.276. The Bertz CT molecular complexity index is 989. The maximum absolute atomic E-state index is 12.3. The number of alkyl halides is 3. The number of benzene rings is 1. The van der Waals surface area contributed by atoms with Crippen LogP contribution in [0.2, 0.25) is 0 Å². The highest BCUT2D eigenvalue weighted by Crippen LogP contribution is 2.28. The first kappa shape index (κ1) is 19.0. The van der Waals surface area contributed by atoms with Gasteiger partial charge in [0.15, 0.2) is 0 Å². The van der Waals surface area contributed by atoms with Crippen LogP contribution in [0.1, 0.15) is 11.1 Å². The third-order valence-electron chi connectivity index (χ3n) is 3.29. The number of rotatable bonds is 6.